The lowest BCUT2D eigenvalue weighted by atomic mass is 9.91. The van der Waals surface area contributed by atoms with Crippen molar-refractivity contribution in [2.45, 2.75) is 44.9 Å². The second-order valence-corrected chi connectivity index (χ2v) is 15.0. The number of hydrogen-bond acceptors (Lipinski definition) is 12. The summed E-state index contributed by atoms with van der Waals surface area (Å²) in [6, 6.07) is 12.9. The van der Waals surface area contributed by atoms with E-state index < -0.39 is 33.5 Å². The van der Waals surface area contributed by atoms with Crippen LogP contribution < -0.4 is 20.4 Å². The fraction of sp³-hybridized carbons (Fsp3) is 0.415. The van der Waals surface area contributed by atoms with E-state index in [2.05, 4.69) is 10.6 Å². The number of nitrogens with one attached hydrogen (secondary N) is 2. The van der Waals surface area contributed by atoms with Crippen molar-refractivity contribution >= 4 is 67.9 Å². The van der Waals surface area contributed by atoms with Crippen LogP contribution in [0.1, 0.15) is 86.4 Å². The lowest BCUT2D eigenvalue weighted by Gasteiger charge is -2.32. The number of piperidine rings is 2. The maximum absolute atomic E-state index is 13.7. The Labute approximate surface area is 328 Å². The van der Waals surface area contributed by atoms with Gasteiger partial charge >= 0.3 is 0 Å². The van der Waals surface area contributed by atoms with E-state index in [1.165, 1.54) is 12.1 Å². The molecule has 0 bridgehead atoms. The van der Waals surface area contributed by atoms with Crippen LogP contribution in [-0.2, 0) is 0 Å². The summed E-state index contributed by atoms with van der Waals surface area (Å²) in [5.74, 6) is -1.98. The summed E-state index contributed by atoms with van der Waals surface area (Å²) < 4.78 is 0. The van der Waals surface area contributed by atoms with Crippen LogP contribution in [0.3, 0.4) is 0 Å². The highest BCUT2D eigenvalue weighted by molar-refractivity contribution is 6.29. The molecule has 4 heterocycles. The van der Waals surface area contributed by atoms with Gasteiger partial charge < -0.3 is 20.4 Å². The number of amides is 4. The largest absolute Gasteiger partial charge is 0.365 e. The highest BCUT2D eigenvalue weighted by atomic mass is 16.6. The van der Waals surface area contributed by atoms with Gasteiger partial charge in [0.05, 0.1) is 21.0 Å². The van der Waals surface area contributed by atoms with Crippen LogP contribution in [0, 0.1) is 20.2 Å². The fourth-order valence-corrected chi connectivity index (χ4v) is 8.92. The minimum absolute atomic E-state index is 0.0771. The number of rotatable bonds is 14. The monoisotopic (exact) mass is 776 g/mol. The topological polar surface area (TPSA) is 192 Å². The van der Waals surface area contributed by atoms with Gasteiger partial charge in [-0.25, -0.2) is 0 Å². The maximum Gasteiger partial charge on any atom is 0.293 e. The number of nitro groups is 2. The third kappa shape index (κ3) is 6.82. The molecule has 2 fully saturated rings. The van der Waals surface area contributed by atoms with Gasteiger partial charge in [0, 0.05) is 97.2 Å². The predicted octanol–water partition coefficient (Wildman–Crippen LogP) is 5.25. The van der Waals surface area contributed by atoms with Gasteiger partial charge in [-0.05, 0) is 70.2 Å². The lowest BCUT2D eigenvalue weighted by molar-refractivity contribution is -0.384. The molecule has 2 N–H and O–H groups in total. The number of carbonyl (C=O) groups is 4. The normalized spacial score (nSPS) is 17.0. The van der Waals surface area contributed by atoms with Crippen LogP contribution in [0.15, 0.2) is 48.5 Å². The number of imide groups is 2. The summed E-state index contributed by atoms with van der Waals surface area (Å²) in [6.45, 7) is 4.55. The first kappa shape index (κ1) is 37.9. The molecule has 0 radical (unpaired) electrons. The van der Waals surface area contributed by atoms with E-state index in [4.69, 9.17) is 0 Å². The van der Waals surface area contributed by atoms with E-state index in [1.807, 2.05) is 9.80 Å². The van der Waals surface area contributed by atoms with Crippen molar-refractivity contribution in [2.24, 2.45) is 0 Å². The smallest absolute Gasteiger partial charge is 0.293 e. The van der Waals surface area contributed by atoms with E-state index in [9.17, 15) is 39.4 Å². The highest BCUT2D eigenvalue weighted by Gasteiger charge is 2.39. The van der Waals surface area contributed by atoms with Gasteiger partial charge in [-0.2, -0.15) is 0 Å². The SMILES string of the molecule is O=C1c2cccc3c(N4CCCCC4)c([N+](=O)[O-])cc(c23)C(=O)N1CCNCCCNCCN1C(=O)c2cccc3c(N4CCCCC4)c([N+](=O)[O-])cc(c23)C1=O. The summed E-state index contributed by atoms with van der Waals surface area (Å²) in [4.78, 5) is 84.5. The Bertz CT molecular complexity index is 2170. The number of nitro benzene ring substituents is 2. The molecule has 0 saturated carbocycles. The second-order valence-electron chi connectivity index (χ2n) is 15.0. The average Bonchev–Trinajstić information content (AvgIpc) is 3.22. The number of anilines is 2. The first-order valence-corrected chi connectivity index (χ1v) is 19.8. The van der Waals surface area contributed by atoms with Crippen molar-refractivity contribution in [3.63, 3.8) is 0 Å². The molecule has 4 aliphatic heterocycles. The van der Waals surface area contributed by atoms with E-state index in [1.54, 1.807) is 36.4 Å². The molecule has 4 aliphatic rings. The molecule has 0 aromatic heterocycles. The molecule has 0 spiro atoms. The van der Waals surface area contributed by atoms with Crippen LogP contribution in [0.2, 0.25) is 0 Å². The molecule has 4 aromatic rings. The summed E-state index contributed by atoms with van der Waals surface area (Å²) in [6.07, 6.45) is 6.42. The zero-order valence-corrected chi connectivity index (χ0v) is 31.6. The molecule has 296 valence electrons. The number of carbonyl (C=O) groups excluding carboxylic acids is 4. The lowest BCUT2D eigenvalue weighted by Crippen LogP contribution is -2.44. The van der Waals surface area contributed by atoms with Gasteiger partial charge in [0.25, 0.3) is 35.0 Å². The number of benzene rings is 4. The molecule has 0 aliphatic carbocycles. The van der Waals surface area contributed by atoms with E-state index in [0.717, 1.165) is 48.3 Å². The standard InChI is InChI=1S/C41H44N8O8/c50-38-28-12-7-10-26-34(28)30(24-32(48(54)55)36(26)44-18-3-1-4-19-44)40(52)46(38)22-16-42-14-9-15-43-17-23-47-39(51)29-13-8-11-27-35(29)31(41(47)53)25-33(49(56)57)37(27)45-20-5-2-6-21-45/h7-8,10-13,24-25,42-43H,1-6,9,14-23H2. The van der Waals surface area contributed by atoms with E-state index >= 15 is 0 Å². The first-order chi connectivity index (χ1) is 27.7. The zero-order valence-electron chi connectivity index (χ0n) is 31.6. The molecule has 0 atom stereocenters. The Morgan fingerprint density at radius 1 is 0.526 bits per heavy atom. The molecular weight excluding hydrogens is 732 g/mol. The van der Waals surface area contributed by atoms with Gasteiger partial charge in [0.2, 0.25) is 0 Å². The minimum Gasteiger partial charge on any atom is -0.365 e. The van der Waals surface area contributed by atoms with Crippen molar-refractivity contribution in [1.82, 2.24) is 20.4 Å². The van der Waals surface area contributed by atoms with Gasteiger partial charge in [-0.3, -0.25) is 49.2 Å². The first-order valence-electron chi connectivity index (χ1n) is 19.8. The van der Waals surface area contributed by atoms with Crippen LogP contribution in [0.5, 0.6) is 0 Å². The molecule has 16 heteroatoms. The highest BCUT2D eigenvalue weighted by Crippen LogP contribution is 2.44. The molecule has 4 amide bonds. The van der Waals surface area contributed by atoms with E-state index in [-0.39, 0.29) is 35.6 Å². The number of nitrogens with zero attached hydrogens (tertiary/aromatic N) is 6. The van der Waals surface area contributed by atoms with Gasteiger partial charge in [0.15, 0.2) is 0 Å². The van der Waals surface area contributed by atoms with Crippen molar-refractivity contribution in [3.8, 4) is 0 Å². The molecule has 4 aromatic carbocycles. The molecule has 8 rings (SSSR count). The Balaban J connectivity index is 0.851. The Morgan fingerprint density at radius 3 is 1.30 bits per heavy atom. The third-order valence-corrected chi connectivity index (χ3v) is 11.6. The second kappa shape index (κ2) is 15.9. The van der Waals surface area contributed by atoms with Crippen LogP contribution in [0.4, 0.5) is 22.7 Å². The minimum atomic E-state index is -0.557. The van der Waals surface area contributed by atoms with E-state index in [0.29, 0.717) is 103 Å². The van der Waals surface area contributed by atoms with Crippen LogP contribution in [-0.4, -0.2) is 109 Å². The average molecular weight is 777 g/mol. The quantitative estimate of drug-likeness (QED) is 0.0733. The maximum atomic E-state index is 13.7. The van der Waals surface area contributed by atoms with Gasteiger partial charge in [-0.15, -0.1) is 0 Å². The van der Waals surface area contributed by atoms with Crippen molar-refractivity contribution in [3.05, 3.63) is 91.0 Å². The Morgan fingerprint density at radius 2 is 0.912 bits per heavy atom. The fourth-order valence-electron chi connectivity index (χ4n) is 8.92. The molecule has 2 saturated heterocycles. The molecule has 0 unspecified atom stereocenters. The Hall–Kier alpha value is -6.00. The van der Waals surface area contributed by atoms with Crippen molar-refractivity contribution in [1.29, 1.82) is 0 Å². The van der Waals surface area contributed by atoms with Gasteiger partial charge in [0.1, 0.15) is 11.4 Å². The molecular formula is C41H44N8O8. The third-order valence-electron chi connectivity index (χ3n) is 11.6. The zero-order chi connectivity index (χ0) is 39.8. The van der Waals surface area contributed by atoms with Crippen molar-refractivity contribution < 1.29 is 29.0 Å². The molecule has 16 nitrogen and oxygen atoms in total. The summed E-state index contributed by atoms with van der Waals surface area (Å²) in [5, 5.41) is 33.0. The van der Waals surface area contributed by atoms with Crippen molar-refractivity contribution in [2.75, 3.05) is 75.2 Å². The summed E-state index contributed by atoms with van der Waals surface area (Å²) in [7, 11) is 0. The predicted molar refractivity (Wildman–Crippen MR) is 214 cm³/mol. The Kier molecular flexibility index (Phi) is 10.5. The van der Waals surface area contributed by atoms with Crippen LogP contribution >= 0.6 is 0 Å². The molecule has 57 heavy (non-hydrogen) atoms. The van der Waals surface area contributed by atoms with Crippen LogP contribution in [0.25, 0.3) is 21.5 Å². The summed E-state index contributed by atoms with van der Waals surface area (Å²) >= 11 is 0. The number of hydrogen-bond donors (Lipinski definition) is 2. The van der Waals surface area contributed by atoms with Gasteiger partial charge in [-0.1, -0.05) is 24.3 Å². The summed E-state index contributed by atoms with van der Waals surface area (Å²) in [5.41, 5.74) is 1.69.